The Morgan fingerprint density at radius 3 is 2.62 bits per heavy atom. The van der Waals surface area contributed by atoms with E-state index in [0.717, 1.165) is 0 Å². The summed E-state index contributed by atoms with van der Waals surface area (Å²) in [6.07, 6.45) is 2.74. The lowest BCUT2D eigenvalue weighted by Gasteiger charge is -2.00. The number of nitrogens with zero attached hydrogens (tertiary/aromatic N) is 1. The normalized spacial score (nSPS) is 11.3. The van der Waals surface area contributed by atoms with Crippen LogP contribution >= 0.6 is 7.94 Å². The van der Waals surface area contributed by atoms with E-state index in [9.17, 15) is 4.79 Å². The average Bonchev–Trinajstić information content (AvgIpc) is 2.04. The van der Waals surface area contributed by atoms with Crippen molar-refractivity contribution in [2.75, 3.05) is 0 Å². The second-order valence-corrected chi connectivity index (χ2v) is 4.14. The van der Waals surface area contributed by atoms with Crippen LogP contribution in [0.4, 0.5) is 0 Å². The molecule has 5 nitrogen and oxygen atoms in total. The van der Waals surface area contributed by atoms with Gasteiger partial charge in [-0.05, 0) is 11.6 Å². The van der Waals surface area contributed by atoms with E-state index in [4.69, 9.17) is 14.7 Å². The third kappa shape index (κ3) is 3.16. The van der Waals surface area contributed by atoms with Crippen molar-refractivity contribution in [3.05, 3.63) is 30.1 Å². The van der Waals surface area contributed by atoms with Crippen LogP contribution in [0.25, 0.3) is 0 Å². The third-order valence-corrected chi connectivity index (χ3v) is 2.24. The van der Waals surface area contributed by atoms with Crippen LogP contribution in [0, 0.1) is 0 Å². The van der Waals surface area contributed by atoms with E-state index in [-0.39, 0.29) is 6.42 Å². The molecule has 0 aliphatic carbocycles. The second-order valence-electron chi connectivity index (χ2n) is 2.50. The highest BCUT2D eigenvalue weighted by atomic mass is 31.2. The molecular weight excluding hydrogens is 193 g/mol. The molecule has 0 spiro atoms. The number of aromatic nitrogens is 1. The fraction of sp³-hybridized carbons (Fsp3) is 0.143. The van der Waals surface area contributed by atoms with Crippen molar-refractivity contribution in [2.24, 2.45) is 0 Å². The van der Waals surface area contributed by atoms with E-state index < -0.39 is 13.5 Å². The van der Waals surface area contributed by atoms with Crippen molar-refractivity contribution >= 4 is 13.5 Å². The third-order valence-electron chi connectivity index (χ3n) is 1.41. The lowest BCUT2D eigenvalue weighted by atomic mass is 10.2. The largest absolute Gasteiger partial charge is 0.478 e. The molecule has 1 heterocycles. The highest BCUT2D eigenvalue weighted by Crippen LogP contribution is 2.46. The standard InChI is InChI=1S/C7H9NO4P/c9-7(13(10,11)12)4-6-2-1-3-8-5-6/h1-3,5,10-12H,4H2/q+1. The van der Waals surface area contributed by atoms with Gasteiger partial charge >= 0.3 is 13.5 Å². The molecule has 6 heteroatoms. The molecule has 70 valence electrons. The molecular formula is C7H9NO4P+. The Kier molecular flexibility index (Phi) is 3.06. The lowest BCUT2D eigenvalue weighted by molar-refractivity contribution is -0.113. The van der Waals surface area contributed by atoms with Gasteiger partial charge in [0.2, 0.25) is 0 Å². The smallest absolute Gasteiger partial charge is 0.264 e. The summed E-state index contributed by atoms with van der Waals surface area (Å²) in [5.74, 6) is 0. The summed E-state index contributed by atoms with van der Waals surface area (Å²) in [5.41, 5.74) is -0.436. The number of carbonyl (C=O) groups excluding carboxylic acids is 1. The summed E-state index contributed by atoms with van der Waals surface area (Å²) in [5, 5.41) is 0. The van der Waals surface area contributed by atoms with Crippen molar-refractivity contribution in [3.63, 3.8) is 0 Å². The van der Waals surface area contributed by atoms with Crippen LogP contribution in [0.1, 0.15) is 5.56 Å². The zero-order valence-corrected chi connectivity index (χ0v) is 7.56. The van der Waals surface area contributed by atoms with E-state index in [2.05, 4.69) is 4.98 Å². The quantitative estimate of drug-likeness (QED) is 0.595. The van der Waals surface area contributed by atoms with Crippen molar-refractivity contribution < 1.29 is 19.5 Å². The SMILES string of the molecule is O=C(Cc1cccnc1)[P+](O)(O)O. The summed E-state index contributed by atoms with van der Waals surface area (Å²) in [6.45, 7) is 0. The number of hydrogen-bond acceptors (Lipinski definition) is 5. The first kappa shape index (κ1) is 10.2. The Bertz CT molecular complexity index is 295. The molecule has 1 aromatic rings. The molecule has 0 aromatic carbocycles. The van der Waals surface area contributed by atoms with Gasteiger partial charge in [0.25, 0.3) is 0 Å². The van der Waals surface area contributed by atoms with Crippen molar-refractivity contribution in [1.82, 2.24) is 4.98 Å². The predicted octanol–water partition coefficient (Wildman–Crippen LogP) is -0.110. The summed E-state index contributed by atoms with van der Waals surface area (Å²) in [6, 6.07) is 3.23. The summed E-state index contributed by atoms with van der Waals surface area (Å²) >= 11 is 0. The molecule has 0 fully saturated rings. The Morgan fingerprint density at radius 1 is 1.46 bits per heavy atom. The highest BCUT2D eigenvalue weighted by molar-refractivity contribution is 7.76. The van der Waals surface area contributed by atoms with Gasteiger partial charge < -0.3 is 0 Å². The predicted molar refractivity (Wildman–Crippen MR) is 46.5 cm³/mol. The molecule has 0 amide bonds. The Balaban J connectivity index is 2.66. The van der Waals surface area contributed by atoms with Crippen LogP contribution in [-0.4, -0.2) is 25.2 Å². The van der Waals surface area contributed by atoms with Gasteiger partial charge in [-0.2, -0.15) is 14.7 Å². The molecule has 0 atom stereocenters. The van der Waals surface area contributed by atoms with Gasteiger partial charge in [-0.15, -0.1) is 0 Å². The monoisotopic (exact) mass is 202 g/mol. The lowest BCUT2D eigenvalue weighted by Crippen LogP contribution is -2.08. The van der Waals surface area contributed by atoms with Crippen molar-refractivity contribution in [1.29, 1.82) is 0 Å². The minimum Gasteiger partial charge on any atom is -0.264 e. The van der Waals surface area contributed by atoms with Crippen LogP contribution in [0.15, 0.2) is 24.5 Å². The van der Waals surface area contributed by atoms with E-state index >= 15 is 0 Å². The highest BCUT2D eigenvalue weighted by Gasteiger charge is 2.41. The maximum Gasteiger partial charge on any atom is 0.478 e. The van der Waals surface area contributed by atoms with Gasteiger partial charge in [0, 0.05) is 12.4 Å². The number of carbonyl (C=O) groups is 1. The molecule has 0 aliphatic heterocycles. The average molecular weight is 202 g/mol. The minimum atomic E-state index is -4.34. The topological polar surface area (TPSA) is 90.7 Å². The number of hydrogen-bond donors (Lipinski definition) is 3. The molecule has 0 unspecified atom stereocenters. The van der Waals surface area contributed by atoms with Gasteiger partial charge in [-0.1, -0.05) is 6.07 Å². The zero-order chi connectivity index (χ0) is 9.90. The molecule has 3 N–H and O–H groups in total. The van der Waals surface area contributed by atoms with Gasteiger partial charge in [-0.25, -0.2) is 4.79 Å². The first-order chi connectivity index (χ1) is 6.00. The number of rotatable bonds is 3. The Hall–Kier alpha value is -0.870. The van der Waals surface area contributed by atoms with Gasteiger partial charge in [0.05, 0.1) is 6.42 Å². The summed E-state index contributed by atoms with van der Waals surface area (Å²) in [7, 11) is -4.34. The molecule has 13 heavy (non-hydrogen) atoms. The van der Waals surface area contributed by atoms with E-state index in [1.165, 1.54) is 12.4 Å². The molecule has 0 bridgehead atoms. The van der Waals surface area contributed by atoms with E-state index in [1.807, 2.05) is 0 Å². The van der Waals surface area contributed by atoms with Crippen molar-refractivity contribution in [2.45, 2.75) is 6.42 Å². The molecule has 0 saturated carbocycles. The van der Waals surface area contributed by atoms with Crippen LogP contribution in [0.5, 0.6) is 0 Å². The van der Waals surface area contributed by atoms with Crippen LogP contribution < -0.4 is 0 Å². The molecule has 0 saturated heterocycles. The van der Waals surface area contributed by atoms with Crippen LogP contribution in [-0.2, 0) is 11.2 Å². The Labute approximate surface area is 75.3 Å². The summed E-state index contributed by atoms with van der Waals surface area (Å²) < 4.78 is 0. The molecule has 1 aromatic heterocycles. The van der Waals surface area contributed by atoms with E-state index in [0.29, 0.717) is 5.56 Å². The molecule has 1 rings (SSSR count). The molecule has 0 aliphatic rings. The maximum absolute atomic E-state index is 10.9. The zero-order valence-electron chi connectivity index (χ0n) is 6.66. The van der Waals surface area contributed by atoms with Crippen LogP contribution in [0.3, 0.4) is 0 Å². The molecule has 0 radical (unpaired) electrons. The fourth-order valence-electron chi connectivity index (χ4n) is 0.783. The van der Waals surface area contributed by atoms with Gasteiger partial charge in [-0.3, -0.25) is 4.98 Å². The number of pyridine rings is 1. The van der Waals surface area contributed by atoms with E-state index in [1.54, 1.807) is 12.1 Å². The first-order valence-corrected chi connectivity index (χ1v) is 5.14. The Morgan fingerprint density at radius 2 is 2.15 bits per heavy atom. The van der Waals surface area contributed by atoms with Gasteiger partial charge in [0.1, 0.15) is 0 Å². The fourth-order valence-corrected chi connectivity index (χ4v) is 1.18. The second kappa shape index (κ2) is 3.89. The summed E-state index contributed by atoms with van der Waals surface area (Å²) in [4.78, 5) is 40.4. The van der Waals surface area contributed by atoms with Crippen LogP contribution in [0.2, 0.25) is 0 Å². The van der Waals surface area contributed by atoms with Gasteiger partial charge in [0.15, 0.2) is 0 Å². The van der Waals surface area contributed by atoms with Crippen molar-refractivity contribution in [3.8, 4) is 0 Å². The minimum absolute atomic E-state index is 0.217. The first-order valence-electron chi connectivity index (χ1n) is 3.50. The maximum atomic E-state index is 10.9.